The molecule has 1 aliphatic rings. The molecule has 0 amide bonds. The fraction of sp³-hybridized carbons (Fsp3) is 0.143. The van der Waals surface area contributed by atoms with Crippen LogP contribution in [0.15, 0.2) is 40.5 Å². The fourth-order valence-electron chi connectivity index (χ4n) is 1.88. The summed E-state index contributed by atoms with van der Waals surface area (Å²) in [4.78, 5) is 0.795. The summed E-state index contributed by atoms with van der Waals surface area (Å²) in [5.74, 6) is 1.37. The van der Waals surface area contributed by atoms with Gasteiger partial charge in [-0.3, -0.25) is 0 Å². The van der Waals surface area contributed by atoms with Crippen LogP contribution in [0.3, 0.4) is 0 Å². The van der Waals surface area contributed by atoms with Crippen LogP contribution < -0.4 is 0 Å². The number of benzene rings is 1. The van der Waals surface area contributed by atoms with Crippen LogP contribution >= 0.6 is 24.4 Å². The van der Waals surface area contributed by atoms with Crippen LogP contribution in [0.4, 0.5) is 0 Å². The monoisotopic (exact) mass is 274 g/mol. The van der Waals surface area contributed by atoms with Gasteiger partial charge < -0.3 is 9.15 Å². The van der Waals surface area contributed by atoms with Gasteiger partial charge in [0, 0.05) is 17.9 Å². The molecule has 2 aromatic rings. The third-order valence-corrected chi connectivity index (χ3v) is 3.47. The van der Waals surface area contributed by atoms with E-state index in [4.69, 9.17) is 33.6 Å². The van der Waals surface area contributed by atoms with E-state index < -0.39 is 0 Å². The van der Waals surface area contributed by atoms with Crippen molar-refractivity contribution >= 4 is 51.4 Å². The standard InChI is InChI=1S/C14H10O2S2/c17-13-5-6-14(18)16-12(13)8-10-7-9-3-1-2-4-11(9)15-10/h1-4,7-8H,5-6H2. The van der Waals surface area contributed by atoms with Gasteiger partial charge in [0.1, 0.15) is 17.1 Å². The van der Waals surface area contributed by atoms with Crippen LogP contribution in [0.25, 0.3) is 17.0 Å². The van der Waals surface area contributed by atoms with Gasteiger partial charge >= 0.3 is 0 Å². The first kappa shape index (κ1) is 11.6. The van der Waals surface area contributed by atoms with Crippen molar-refractivity contribution in [1.29, 1.82) is 0 Å². The third kappa shape index (κ3) is 2.21. The molecular formula is C14H10O2S2. The van der Waals surface area contributed by atoms with Crippen molar-refractivity contribution in [3.05, 3.63) is 41.9 Å². The van der Waals surface area contributed by atoms with Gasteiger partial charge in [-0.2, -0.15) is 0 Å². The SMILES string of the molecule is S=C1CCC(=S)C(=Cc2cc3ccccc3o2)O1. The second-order valence-electron chi connectivity index (χ2n) is 4.09. The van der Waals surface area contributed by atoms with Crippen molar-refractivity contribution in [3.8, 4) is 0 Å². The Labute approximate surface area is 115 Å². The summed E-state index contributed by atoms with van der Waals surface area (Å²) in [7, 11) is 0. The normalized spacial score (nSPS) is 18.3. The Morgan fingerprint density at radius 3 is 2.78 bits per heavy atom. The third-order valence-electron chi connectivity index (χ3n) is 2.77. The average Bonchev–Trinajstić information content (AvgIpc) is 2.76. The van der Waals surface area contributed by atoms with Crippen molar-refractivity contribution < 1.29 is 9.15 Å². The molecule has 3 rings (SSSR count). The minimum Gasteiger partial charge on any atom is -0.457 e. The Balaban J connectivity index is 1.99. The van der Waals surface area contributed by atoms with Gasteiger partial charge in [0.05, 0.1) is 4.86 Å². The Bertz CT molecular complexity index is 634. The summed E-state index contributed by atoms with van der Waals surface area (Å²) >= 11 is 10.3. The Morgan fingerprint density at radius 2 is 1.94 bits per heavy atom. The number of para-hydroxylation sites is 1. The highest BCUT2D eigenvalue weighted by Crippen LogP contribution is 2.24. The second kappa shape index (κ2) is 4.63. The quantitative estimate of drug-likeness (QED) is 0.571. The molecule has 1 aromatic carbocycles. The molecule has 0 bridgehead atoms. The smallest absolute Gasteiger partial charge is 0.167 e. The molecule has 1 aliphatic heterocycles. The van der Waals surface area contributed by atoms with Crippen LogP contribution in [0.2, 0.25) is 0 Å². The van der Waals surface area contributed by atoms with E-state index in [0.29, 0.717) is 10.8 Å². The van der Waals surface area contributed by atoms with Gasteiger partial charge in [-0.15, -0.1) is 0 Å². The zero-order valence-electron chi connectivity index (χ0n) is 9.51. The predicted molar refractivity (Wildman–Crippen MR) is 79.7 cm³/mol. The number of hydrogen-bond acceptors (Lipinski definition) is 4. The van der Waals surface area contributed by atoms with E-state index in [-0.39, 0.29) is 0 Å². The highest BCUT2D eigenvalue weighted by atomic mass is 32.1. The van der Waals surface area contributed by atoms with Crippen LogP contribution in [0.1, 0.15) is 18.6 Å². The molecule has 2 nitrogen and oxygen atoms in total. The first-order chi connectivity index (χ1) is 8.72. The maximum absolute atomic E-state index is 5.70. The number of fused-ring (bicyclic) bond motifs is 1. The number of thiocarbonyl (C=S) groups is 2. The van der Waals surface area contributed by atoms with Crippen molar-refractivity contribution in [1.82, 2.24) is 0 Å². The second-order valence-corrected chi connectivity index (χ2v) is 5.04. The lowest BCUT2D eigenvalue weighted by molar-refractivity contribution is 0.434. The first-order valence-electron chi connectivity index (χ1n) is 5.66. The Kier molecular flexibility index (Phi) is 2.97. The highest BCUT2D eigenvalue weighted by Gasteiger charge is 2.17. The molecule has 0 atom stereocenters. The van der Waals surface area contributed by atoms with E-state index in [1.807, 2.05) is 36.4 Å². The summed E-state index contributed by atoms with van der Waals surface area (Å²) in [6, 6.07) is 9.82. The Hall–Kier alpha value is -1.52. The largest absolute Gasteiger partial charge is 0.457 e. The number of furan rings is 1. The molecule has 4 heteroatoms. The molecule has 0 spiro atoms. The Morgan fingerprint density at radius 1 is 1.11 bits per heavy atom. The van der Waals surface area contributed by atoms with E-state index in [1.54, 1.807) is 0 Å². The lowest BCUT2D eigenvalue weighted by Gasteiger charge is -2.16. The minimum absolute atomic E-state index is 0.589. The first-order valence-corrected chi connectivity index (χ1v) is 6.48. The van der Waals surface area contributed by atoms with Crippen LogP contribution in [0.5, 0.6) is 0 Å². The molecule has 90 valence electrons. The molecule has 1 fully saturated rings. The maximum Gasteiger partial charge on any atom is 0.167 e. The van der Waals surface area contributed by atoms with Gasteiger partial charge in [-0.1, -0.05) is 30.4 Å². The van der Waals surface area contributed by atoms with E-state index in [9.17, 15) is 0 Å². The van der Waals surface area contributed by atoms with Crippen molar-refractivity contribution in [3.63, 3.8) is 0 Å². The number of ether oxygens (including phenoxy) is 1. The molecule has 18 heavy (non-hydrogen) atoms. The molecule has 1 aromatic heterocycles. The van der Waals surface area contributed by atoms with Gasteiger partial charge in [-0.05, 0) is 30.8 Å². The maximum atomic E-state index is 5.70. The summed E-state index contributed by atoms with van der Waals surface area (Å²) < 4.78 is 11.2. The number of hydrogen-bond donors (Lipinski definition) is 0. The molecule has 0 saturated carbocycles. The molecule has 0 N–H and O–H groups in total. The van der Waals surface area contributed by atoms with Gasteiger partial charge in [0.25, 0.3) is 0 Å². The number of allylic oxidation sites excluding steroid dienone is 1. The topological polar surface area (TPSA) is 22.4 Å². The molecule has 0 aliphatic carbocycles. The van der Waals surface area contributed by atoms with Crippen LogP contribution in [-0.2, 0) is 4.74 Å². The fourth-order valence-corrected chi connectivity index (χ4v) is 2.28. The van der Waals surface area contributed by atoms with Crippen molar-refractivity contribution in [2.45, 2.75) is 12.8 Å². The summed E-state index contributed by atoms with van der Waals surface area (Å²) in [6.45, 7) is 0. The molecule has 1 saturated heterocycles. The lowest BCUT2D eigenvalue weighted by Crippen LogP contribution is -2.16. The van der Waals surface area contributed by atoms with Gasteiger partial charge in [0.15, 0.2) is 5.05 Å². The molecule has 0 radical (unpaired) electrons. The van der Waals surface area contributed by atoms with Crippen molar-refractivity contribution in [2.75, 3.05) is 0 Å². The zero-order valence-corrected chi connectivity index (χ0v) is 11.1. The molecule has 0 unspecified atom stereocenters. The van der Waals surface area contributed by atoms with E-state index >= 15 is 0 Å². The van der Waals surface area contributed by atoms with Gasteiger partial charge in [0.2, 0.25) is 0 Å². The summed E-state index contributed by atoms with van der Waals surface area (Å²) in [5.41, 5.74) is 0.855. The van der Waals surface area contributed by atoms with Crippen LogP contribution in [-0.4, -0.2) is 9.92 Å². The number of rotatable bonds is 1. The van der Waals surface area contributed by atoms with E-state index in [0.717, 1.165) is 34.4 Å². The highest BCUT2D eigenvalue weighted by molar-refractivity contribution is 7.81. The predicted octanol–water partition coefficient (Wildman–Crippen LogP) is 4.28. The van der Waals surface area contributed by atoms with Gasteiger partial charge in [-0.25, -0.2) is 0 Å². The lowest BCUT2D eigenvalue weighted by atomic mass is 10.1. The van der Waals surface area contributed by atoms with E-state index in [1.165, 1.54) is 0 Å². The molecular weight excluding hydrogens is 264 g/mol. The summed E-state index contributed by atoms with van der Waals surface area (Å²) in [5, 5.41) is 1.65. The van der Waals surface area contributed by atoms with E-state index in [2.05, 4.69) is 0 Å². The van der Waals surface area contributed by atoms with Crippen LogP contribution in [0, 0.1) is 0 Å². The van der Waals surface area contributed by atoms with Crippen molar-refractivity contribution in [2.24, 2.45) is 0 Å². The molecule has 2 heterocycles. The zero-order chi connectivity index (χ0) is 12.5. The average molecular weight is 274 g/mol. The summed E-state index contributed by atoms with van der Waals surface area (Å²) in [6.07, 6.45) is 3.32. The minimum atomic E-state index is 0.589.